The molecule has 0 aromatic heterocycles. The average Bonchev–Trinajstić information content (AvgIpc) is 3.53. The van der Waals surface area contributed by atoms with Crippen molar-refractivity contribution in [3.05, 3.63) is 29.8 Å². The van der Waals surface area contributed by atoms with Crippen molar-refractivity contribution < 1.29 is 19.1 Å². The summed E-state index contributed by atoms with van der Waals surface area (Å²) in [5.41, 5.74) is 12.0. The first-order chi connectivity index (χ1) is 14.0. The molecule has 160 valence electrons. The summed E-state index contributed by atoms with van der Waals surface area (Å²) in [6, 6.07) is 6.71. The molecule has 1 aromatic carbocycles. The summed E-state index contributed by atoms with van der Waals surface area (Å²) < 4.78 is 10.5. The number of rotatable bonds is 12. The van der Waals surface area contributed by atoms with Gasteiger partial charge in [-0.25, -0.2) is 0 Å². The molecule has 0 heterocycles. The van der Waals surface area contributed by atoms with E-state index in [1.165, 1.54) is 0 Å². The molecule has 1 aliphatic rings. The Morgan fingerprint density at radius 1 is 1.14 bits per heavy atom. The maximum atomic E-state index is 12.5. The number of hydrogen-bond donors (Lipinski definition) is 5. The van der Waals surface area contributed by atoms with Gasteiger partial charge in [0.05, 0.1) is 50.3 Å². The van der Waals surface area contributed by atoms with E-state index in [0.29, 0.717) is 43.5 Å². The maximum Gasteiger partial charge on any atom is 0.259 e. The van der Waals surface area contributed by atoms with Gasteiger partial charge in [-0.1, -0.05) is 12.1 Å². The van der Waals surface area contributed by atoms with Gasteiger partial charge in [0.2, 0.25) is 5.91 Å². The van der Waals surface area contributed by atoms with Crippen molar-refractivity contribution in [1.29, 1.82) is 0 Å². The zero-order chi connectivity index (χ0) is 21.1. The Bertz CT molecular complexity index is 699. The number of hydrogen-bond acceptors (Lipinski definition) is 7. The molecule has 29 heavy (non-hydrogen) atoms. The molecule has 0 spiro atoms. The third-order valence-corrected chi connectivity index (χ3v) is 4.43. The number of amides is 2. The summed E-state index contributed by atoms with van der Waals surface area (Å²) in [7, 11) is 0. The molecule has 1 unspecified atom stereocenters. The molecule has 0 bridgehead atoms. The van der Waals surface area contributed by atoms with Crippen molar-refractivity contribution in [2.24, 2.45) is 17.4 Å². The minimum absolute atomic E-state index is 0.156. The van der Waals surface area contributed by atoms with Gasteiger partial charge in [-0.2, -0.15) is 0 Å². The van der Waals surface area contributed by atoms with Gasteiger partial charge in [-0.05, 0) is 43.1 Å². The van der Waals surface area contributed by atoms with Crippen LogP contribution in [0.1, 0.15) is 29.6 Å². The number of nitrogens with two attached hydrogens (primary N) is 2. The molecule has 0 aliphatic heterocycles. The molecule has 1 fully saturated rings. The first-order valence-corrected chi connectivity index (χ1v) is 10.0. The van der Waals surface area contributed by atoms with Gasteiger partial charge in [0, 0.05) is 6.54 Å². The maximum absolute atomic E-state index is 12.5. The van der Waals surface area contributed by atoms with Crippen LogP contribution in [0.5, 0.6) is 0 Å². The minimum atomic E-state index is -0.422. The lowest BCUT2D eigenvalue weighted by Crippen LogP contribution is -2.49. The van der Waals surface area contributed by atoms with Gasteiger partial charge in [0.15, 0.2) is 5.11 Å². The summed E-state index contributed by atoms with van der Waals surface area (Å²) in [5.74, 6) is -0.287. The summed E-state index contributed by atoms with van der Waals surface area (Å²) in [4.78, 5) is 24.7. The normalized spacial score (nSPS) is 14.1. The largest absolute Gasteiger partial charge is 0.379 e. The van der Waals surface area contributed by atoms with Crippen molar-refractivity contribution in [1.82, 2.24) is 10.6 Å². The highest BCUT2D eigenvalue weighted by molar-refractivity contribution is 7.80. The average molecular weight is 424 g/mol. The molecule has 0 radical (unpaired) electrons. The SMILES string of the molecule is NCCOCCOCCC(=O)Nc1ccccc1C(=O)NC(=S)NC(N)C1CC1. The first-order valence-electron chi connectivity index (χ1n) is 9.63. The standard InChI is InChI=1S/C19H29N5O4S/c20-8-10-28-12-11-27-9-7-16(25)22-15-4-2-1-3-14(15)18(26)24-19(29)23-17(21)13-5-6-13/h1-4,13,17H,5-12,20-21H2,(H,22,25)(H2,23,24,26,29). The number of thiocarbonyl (C=S) groups is 1. The van der Waals surface area contributed by atoms with E-state index in [4.69, 9.17) is 33.2 Å². The van der Waals surface area contributed by atoms with Crippen LogP contribution >= 0.6 is 12.2 Å². The summed E-state index contributed by atoms with van der Waals surface area (Å²) in [5, 5.41) is 8.41. The molecule has 0 saturated heterocycles. The highest BCUT2D eigenvalue weighted by Crippen LogP contribution is 2.30. The lowest BCUT2D eigenvalue weighted by molar-refractivity contribution is -0.117. The molecule has 9 nitrogen and oxygen atoms in total. The number of carbonyl (C=O) groups excluding carboxylic acids is 2. The Labute approximate surface area is 175 Å². The second kappa shape index (κ2) is 12.5. The monoisotopic (exact) mass is 423 g/mol. The van der Waals surface area contributed by atoms with Crippen molar-refractivity contribution in [2.75, 3.05) is 38.3 Å². The predicted molar refractivity (Wildman–Crippen MR) is 114 cm³/mol. The number of benzene rings is 1. The third-order valence-electron chi connectivity index (χ3n) is 4.21. The highest BCUT2D eigenvalue weighted by Gasteiger charge is 2.29. The van der Waals surface area contributed by atoms with E-state index in [-0.39, 0.29) is 30.2 Å². The van der Waals surface area contributed by atoms with E-state index in [1.54, 1.807) is 24.3 Å². The number of nitrogens with one attached hydrogen (secondary N) is 3. The van der Waals surface area contributed by atoms with Crippen LogP contribution < -0.4 is 27.4 Å². The molecular weight excluding hydrogens is 394 g/mol. The summed E-state index contributed by atoms with van der Waals surface area (Å²) in [6.07, 6.45) is 2.01. The van der Waals surface area contributed by atoms with E-state index in [1.807, 2.05) is 0 Å². The molecule has 1 aromatic rings. The fourth-order valence-corrected chi connectivity index (χ4v) is 2.73. The molecule has 1 saturated carbocycles. The summed E-state index contributed by atoms with van der Waals surface area (Å²) >= 11 is 5.15. The van der Waals surface area contributed by atoms with E-state index in [2.05, 4.69) is 16.0 Å². The van der Waals surface area contributed by atoms with Gasteiger partial charge in [0.25, 0.3) is 5.91 Å². The van der Waals surface area contributed by atoms with E-state index in [0.717, 1.165) is 12.8 Å². The highest BCUT2D eigenvalue weighted by atomic mass is 32.1. The van der Waals surface area contributed by atoms with Crippen molar-refractivity contribution in [2.45, 2.75) is 25.4 Å². The Balaban J connectivity index is 1.77. The van der Waals surface area contributed by atoms with Gasteiger partial charge < -0.3 is 31.6 Å². The zero-order valence-electron chi connectivity index (χ0n) is 16.3. The fraction of sp³-hybridized carbons (Fsp3) is 0.526. The minimum Gasteiger partial charge on any atom is -0.379 e. The molecule has 2 amide bonds. The molecule has 7 N–H and O–H groups in total. The van der Waals surface area contributed by atoms with Crippen molar-refractivity contribution >= 4 is 34.8 Å². The quantitative estimate of drug-likeness (QED) is 0.184. The van der Waals surface area contributed by atoms with Crippen LogP contribution in [0.3, 0.4) is 0 Å². The number of para-hydroxylation sites is 1. The number of carbonyl (C=O) groups is 2. The Morgan fingerprint density at radius 2 is 1.83 bits per heavy atom. The Morgan fingerprint density at radius 3 is 2.52 bits per heavy atom. The fourth-order valence-electron chi connectivity index (χ4n) is 2.50. The predicted octanol–water partition coefficient (Wildman–Crippen LogP) is 0.306. The third kappa shape index (κ3) is 8.84. The van der Waals surface area contributed by atoms with Crippen LogP contribution in [-0.4, -0.2) is 56.1 Å². The van der Waals surface area contributed by atoms with Crippen LogP contribution in [0.4, 0.5) is 5.69 Å². The van der Waals surface area contributed by atoms with E-state index in [9.17, 15) is 9.59 Å². The van der Waals surface area contributed by atoms with Gasteiger partial charge in [-0.15, -0.1) is 0 Å². The van der Waals surface area contributed by atoms with Crippen LogP contribution in [0, 0.1) is 5.92 Å². The number of anilines is 1. The van der Waals surface area contributed by atoms with E-state index >= 15 is 0 Å². The zero-order valence-corrected chi connectivity index (χ0v) is 17.1. The lowest BCUT2D eigenvalue weighted by Gasteiger charge is -2.16. The molecule has 1 aliphatic carbocycles. The second-order valence-corrected chi connectivity index (χ2v) is 7.06. The first kappa shape index (κ1) is 23.2. The van der Waals surface area contributed by atoms with Crippen LogP contribution in [0.15, 0.2) is 24.3 Å². The molecule has 2 rings (SSSR count). The van der Waals surface area contributed by atoms with Crippen LogP contribution in [-0.2, 0) is 14.3 Å². The van der Waals surface area contributed by atoms with E-state index < -0.39 is 5.91 Å². The lowest BCUT2D eigenvalue weighted by atomic mass is 10.1. The molecule has 1 atom stereocenters. The topological polar surface area (TPSA) is 141 Å². The van der Waals surface area contributed by atoms with Crippen LogP contribution in [0.25, 0.3) is 0 Å². The van der Waals surface area contributed by atoms with Gasteiger partial charge in [-0.3, -0.25) is 14.9 Å². The van der Waals surface area contributed by atoms with Crippen LogP contribution in [0.2, 0.25) is 0 Å². The van der Waals surface area contributed by atoms with Gasteiger partial charge >= 0.3 is 0 Å². The molecular formula is C19H29N5O4S. The summed E-state index contributed by atoms with van der Waals surface area (Å²) in [6.45, 7) is 2.01. The smallest absolute Gasteiger partial charge is 0.259 e. The molecule has 10 heteroatoms. The van der Waals surface area contributed by atoms with Crippen molar-refractivity contribution in [3.8, 4) is 0 Å². The second-order valence-electron chi connectivity index (χ2n) is 6.65. The van der Waals surface area contributed by atoms with Crippen molar-refractivity contribution in [3.63, 3.8) is 0 Å². The Kier molecular flexibility index (Phi) is 9.95. The number of ether oxygens (including phenoxy) is 2. The van der Waals surface area contributed by atoms with Gasteiger partial charge in [0.1, 0.15) is 0 Å². The Hall–Kier alpha value is -2.11.